The molecule has 1 spiro atoms. The van der Waals surface area contributed by atoms with Crippen molar-refractivity contribution in [3.63, 3.8) is 0 Å². The highest BCUT2D eigenvalue weighted by molar-refractivity contribution is 5.97. The lowest BCUT2D eigenvalue weighted by Crippen LogP contribution is -2.34. The third kappa shape index (κ3) is 5.26. The second-order valence-electron chi connectivity index (χ2n) is 8.66. The molecule has 2 amide bonds. The highest BCUT2D eigenvalue weighted by Gasteiger charge is 2.49. The van der Waals surface area contributed by atoms with Crippen LogP contribution in [0.25, 0.3) is 10.9 Å². The Morgan fingerprint density at radius 3 is 2.29 bits per heavy atom. The summed E-state index contributed by atoms with van der Waals surface area (Å²) >= 11 is 0. The molecule has 2 saturated heterocycles. The van der Waals surface area contributed by atoms with Crippen LogP contribution < -0.4 is 4.90 Å². The summed E-state index contributed by atoms with van der Waals surface area (Å²) in [4.78, 5) is 42.8. The van der Waals surface area contributed by atoms with Crippen LogP contribution in [0.4, 0.5) is 18.9 Å². The molecule has 7 nitrogen and oxygen atoms in total. The van der Waals surface area contributed by atoms with Crippen molar-refractivity contribution in [2.75, 3.05) is 24.5 Å². The Bertz CT molecular complexity index is 1270. The maximum absolute atomic E-state index is 13.0. The Kier molecular flexibility index (Phi) is 6.47. The minimum atomic E-state index is -5.08. The smallest absolute Gasteiger partial charge is 0.475 e. The molecule has 0 saturated carbocycles. The van der Waals surface area contributed by atoms with Crippen LogP contribution in [-0.4, -0.2) is 58.6 Å². The molecule has 3 aromatic rings. The number of carboxylic acids is 1. The predicted octanol–water partition coefficient (Wildman–Crippen LogP) is 4.14. The summed E-state index contributed by atoms with van der Waals surface area (Å²) in [6.45, 7) is 1.95. The van der Waals surface area contributed by atoms with Crippen molar-refractivity contribution in [2.24, 2.45) is 5.41 Å². The summed E-state index contributed by atoms with van der Waals surface area (Å²) in [6.07, 6.45) is -3.74. The highest BCUT2D eigenvalue weighted by Crippen LogP contribution is 2.42. The van der Waals surface area contributed by atoms with Gasteiger partial charge in [0.15, 0.2) is 0 Å². The van der Waals surface area contributed by atoms with E-state index in [1.165, 1.54) is 0 Å². The molecule has 0 aliphatic carbocycles. The zero-order chi connectivity index (χ0) is 25.2. The van der Waals surface area contributed by atoms with E-state index in [-0.39, 0.29) is 17.2 Å². The molecular formula is C25H22F3N3O4. The van der Waals surface area contributed by atoms with E-state index in [0.29, 0.717) is 31.7 Å². The Morgan fingerprint density at radius 1 is 0.943 bits per heavy atom. The quantitative estimate of drug-likeness (QED) is 0.589. The van der Waals surface area contributed by atoms with Crippen molar-refractivity contribution < 1.29 is 32.7 Å². The normalized spacial score (nSPS) is 19.7. The van der Waals surface area contributed by atoms with Crippen molar-refractivity contribution in [3.05, 3.63) is 72.4 Å². The van der Waals surface area contributed by atoms with E-state index in [2.05, 4.69) is 4.98 Å². The number of aromatic nitrogens is 1. The van der Waals surface area contributed by atoms with Crippen LogP contribution in [0.15, 0.2) is 66.7 Å². The largest absolute Gasteiger partial charge is 0.490 e. The summed E-state index contributed by atoms with van der Waals surface area (Å²) in [5.74, 6) is -2.66. The number of carbonyl (C=O) groups is 3. The van der Waals surface area contributed by atoms with Crippen LogP contribution in [-0.2, 0) is 9.59 Å². The fourth-order valence-electron chi connectivity index (χ4n) is 4.47. The molecule has 5 rings (SSSR count). The van der Waals surface area contributed by atoms with Gasteiger partial charge in [-0.25, -0.2) is 9.78 Å². The number of fused-ring (bicyclic) bond motifs is 1. The van der Waals surface area contributed by atoms with E-state index in [4.69, 9.17) is 9.90 Å². The molecule has 2 aliphatic heterocycles. The fraction of sp³-hybridized carbons (Fsp3) is 0.280. The van der Waals surface area contributed by atoms with Crippen molar-refractivity contribution in [2.45, 2.75) is 19.0 Å². The number of para-hydroxylation sites is 2. The molecule has 182 valence electrons. The standard InChI is InChI=1S/C23H21N3O2.C2HF3O2/c27-21-14-23(16-26(21)18-7-2-1-3-8-18)12-13-25(15-23)22(28)20-11-10-17-6-4-5-9-19(17)24-20;3-2(4,5)1(6)7/h1-11H,12-16H2;(H,6,7). The van der Waals surface area contributed by atoms with E-state index < -0.39 is 12.1 Å². The van der Waals surface area contributed by atoms with Crippen LogP contribution in [0, 0.1) is 5.41 Å². The van der Waals surface area contributed by atoms with E-state index >= 15 is 0 Å². The molecule has 2 aliphatic rings. The SMILES string of the molecule is O=C(O)C(F)(F)F.O=C(c1ccc2ccccc2n1)N1CCC2(CC(=O)N(c3ccccc3)C2)C1. The molecule has 1 aromatic heterocycles. The van der Waals surface area contributed by atoms with E-state index in [9.17, 15) is 22.8 Å². The number of halogens is 3. The van der Waals surface area contributed by atoms with Crippen LogP contribution in [0.5, 0.6) is 0 Å². The monoisotopic (exact) mass is 485 g/mol. The number of aliphatic carboxylic acids is 1. The topological polar surface area (TPSA) is 90.8 Å². The summed E-state index contributed by atoms with van der Waals surface area (Å²) in [6, 6.07) is 21.3. The number of likely N-dealkylation sites (tertiary alicyclic amines) is 1. The predicted molar refractivity (Wildman–Crippen MR) is 122 cm³/mol. The zero-order valence-electron chi connectivity index (χ0n) is 18.5. The van der Waals surface area contributed by atoms with Gasteiger partial charge in [-0.1, -0.05) is 42.5 Å². The van der Waals surface area contributed by atoms with Gasteiger partial charge in [0.1, 0.15) is 5.69 Å². The Morgan fingerprint density at radius 2 is 1.60 bits per heavy atom. The maximum atomic E-state index is 13.0. The molecular weight excluding hydrogens is 463 g/mol. The molecule has 1 unspecified atom stereocenters. The number of hydrogen-bond acceptors (Lipinski definition) is 4. The van der Waals surface area contributed by atoms with Crippen LogP contribution in [0.1, 0.15) is 23.3 Å². The Balaban J connectivity index is 0.000000364. The second kappa shape index (κ2) is 9.36. The number of hydrogen-bond donors (Lipinski definition) is 1. The maximum Gasteiger partial charge on any atom is 0.490 e. The summed E-state index contributed by atoms with van der Waals surface area (Å²) in [5.41, 5.74) is 2.08. The van der Waals surface area contributed by atoms with Gasteiger partial charge in [-0.05, 0) is 30.7 Å². The minimum Gasteiger partial charge on any atom is -0.475 e. The molecule has 10 heteroatoms. The molecule has 2 fully saturated rings. The first-order valence-electron chi connectivity index (χ1n) is 10.9. The molecule has 1 atom stereocenters. The van der Waals surface area contributed by atoms with Gasteiger partial charge in [-0.3, -0.25) is 9.59 Å². The number of nitrogens with zero attached hydrogens (tertiary/aromatic N) is 3. The van der Waals surface area contributed by atoms with E-state index in [1.54, 1.807) is 6.07 Å². The first-order chi connectivity index (χ1) is 16.6. The number of rotatable bonds is 2. The first-order valence-corrected chi connectivity index (χ1v) is 10.9. The summed E-state index contributed by atoms with van der Waals surface area (Å²) < 4.78 is 31.7. The lowest BCUT2D eigenvalue weighted by molar-refractivity contribution is -0.192. The lowest BCUT2D eigenvalue weighted by atomic mass is 9.86. The molecule has 35 heavy (non-hydrogen) atoms. The third-order valence-electron chi connectivity index (χ3n) is 6.17. The van der Waals surface area contributed by atoms with Gasteiger partial charge in [-0.15, -0.1) is 0 Å². The molecule has 1 N–H and O–H groups in total. The lowest BCUT2D eigenvalue weighted by Gasteiger charge is -2.24. The van der Waals surface area contributed by atoms with Gasteiger partial charge < -0.3 is 14.9 Å². The number of benzene rings is 2. The number of amides is 2. The van der Waals surface area contributed by atoms with Crippen LogP contribution >= 0.6 is 0 Å². The van der Waals surface area contributed by atoms with Gasteiger partial charge in [0.2, 0.25) is 5.91 Å². The van der Waals surface area contributed by atoms with E-state index in [1.807, 2.05) is 70.5 Å². The van der Waals surface area contributed by atoms with Gasteiger partial charge >= 0.3 is 12.1 Å². The number of alkyl halides is 3. The average Bonchev–Trinajstić information content (AvgIpc) is 3.40. The number of anilines is 1. The highest BCUT2D eigenvalue weighted by atomic mass is 19.4. The van der Waals surface area contributed by atoms with E-state index in [0.717, 1.165) is 23.0 Å². The summed E-state index contributed by atoms with van der Waals surface area (Å²) in [5, 5.41) is 8.15. The van der Waals surface area contributed by atoms with Gasteiger partial charge in [0.05, 0.1) is 5.52 Å². The molecule has 0 bridgehead atoms. The number of carboxylic acid groups (broad SMARTS) is 1. The van der Waals surface area contributed by atoms with Gasteiger partial charge in [0, 0.05) is 42.5 Å². The van der Waals surface area contributed by atoms with Crippen molar-refractivity contribution in [1.82, 2.24) is 9.88 Å². The fourth-order valence-corrected chi connectivity index (χ4v) is 4.47. The Hall–Kier alpha value is -3.95. The molecule has 0 radical (unpaired) electrons. The number of carbonyl (C=O) groups excluding carboxylic acids is 2. The van der Waals surface area contributed by atoms with Crippen molar-refractivity contribution >= 4 is 34.4 Å². The van der Waals surface area contributed by atoms with Gasteiger partial charge in [0.25, 0.3) is 5.91 Å². The van der Waals surface area contributed by atoms with Crippen LogP contribution in [0.2, 0.25) is 0 Å². The summed E-state index contributed by atoms with van der Waals surface area (Å²) in [7, 11) is 0. The van der Waals surface area contributed by atoms with Crippen molar-refractivity contribution in [3.8, 4) is 0 Å². The van der Waals surface area contributed by atoms with Crippen LogP contribution in [0.3, 0.4) is 0 Å². The third-order valence-corrected chi connectivity index (χ3v) is 6.17. The first kappa shape index (κ1) is 24.2. The van der Waals surface area contributed by atoms with Crippen molar-refractivity contribution in [1.29, 1.82) is 0 Å². The number of pyridine rings is 1. The zero-order valence-corrected chi connectivity index (χ0v) is 18.5. The Labute approximate surface area is 198 Å². The minimum absolute atomic E-state index is 0.0479. The average molecular weight is 485 g/mol. The molecule has 2 aromatic carbocycles. The second-order valence-corrected chi connectivity index (χ2v) is 8.66. The van der Waals surface area contributed by atoms with Gasteiger partial charge in [-0.2, -0.15) is 13.2 Å². The molecule has 3 heterocycles.